The molecule has 3 nitrogen and oxygen atoms in total. The SMILES string of the molecule is CC1CC(C)CN(C(=O)c2ccccc2C#CCCO)C1. The van der Waals surface area contributed by atoms with Crippen molar-refractivity contribution in [3.05, 3.63) is 35.4 Å². The van der Waals surface area contributed by atoms with Gasteiger partial charge >= 0.3 is 0 Å². The zero-order valence-corrected chi connectivity index (χ0v) is 12.8. The Hall–Kier alpha value is -1.79. The van der Waals surface area contributed by atoms with Crippen molar-refractivity contribution < 1.29 is 9.90 Å². The second-order valence-corrected chi connectivity index (χ2v) is 5.98. The average Bonchev–Trinajstić information content (AvgIpc) is 2.46. The van der Waals surface area contributed by atoms with E-state index >= 15 is 0 Å². The third-order valence-corrected chi connectivity index (χ3v) is 3.77. The number of rotatable bonds is 2. The van der Waals surface area contributed by atoms with Gasteiger partial charge in [-0.15, -0.1) is 0 Å². The molecule has 0 radical (unpaired) electrons. The molecule has 1 aromatic rings. The van der Waals surface area contributed by atoms with Crippen molar-refractivity contribution >= 4 is 5.91 Å². The predicted octanol–water partition coefficient (Wildman–Crippen LogP) is 2.54. The molecule has 0 aromatic heterocycles. The van der Waals surface area contributed by atoms with Crippen LogP contribution in [0.15, 0.2) is 24.3 Å². The molecule has 21 heavy (non-hydrogen) atoms. The Morgan fingerprint density at radius 1 is 1.29 bits per heavy atom. The molecule has 1 N–H and O–H groups in total. The first-order valence-corrected chi connectivity index (χ1v) is 7.60. The average molecular weight is 285 g/mol. The molecule has 1 aliphatic heterocycles. The van der Waals surface area contributed by atoms with Gasteiger partial charge in [-0.25, -0.2) is 0 Å². The van der Waals surface area contributed by atoms with Crippen molar-refractivity contribution in [1.82, 2.24) is 4.90 Å². The number of hydrogen-bond acceptors (Lipinski definition) is 2. The summed E-state index contributed by atoms with van der Waals surface area (Å²) >= 11 is 0. The highest BCUT2D eigenvalue weighted by molar-refractivity contribution is 5.96. The summed E-state index contributed by atoms with van der Waals surface area (Å²) in [5, 5.41) is 8.81. The smallest absolute Gasteiger partial charge is 0.255 e. The molecule has 2 rings (SSSR count). The highest BCUT2D eigenvalue weighted by Crippen LogP contribution is 2.23. The van der Waals surface area contributed by atoms with Crippen molar-refractivity contribution in [2.75, 3.05) is 19.7 Å². The van der Waals surface area contributed by atoms with Crippen molar-refractivity contribution in [3.8, 4) is 11.8 Å². The molecule has 0 bridgehead atoms. The second kappa shape index (κ2) is 7.28. The molecule has 1 fully saturated rings. The second-order valence-electron chi connectivity index (χ2n) is 5.98. The largest absolute Gasteiger partial charge is 0.395 e. The maximum absolute atomic E-state index is 12.8. The number of carbonyl (C=O) groups is 1. The van der Waals surface area contributed by atoms with Crippen molar-refractivity contribution in [1.29, 1.82) is 0 Å². The van der Waals surface area contributed by atoms with E-state index in [-0.39, 0.29) is 12.5 Å². The summed E-state index contributed by atoms with van der Waals surface area (Å²) in [5.41, 5.74) is 1.42. The van der Waals surface area contributed by atoms with Gasteiger partial charge in [0, 0.05) is 25.1 Å². The number of likely N-dealkylation sites (tertiary alicyclic amines) is 1. The molecule has 2 unspecified atom stereocenters. The molecular weight excluding hydrogens is 262 g/mol. The van der Waals surface area contributed by atoms with E-state index in [4.69, 9.17) is 5.11 Å². The summed E-state index contributed by atoms with van der Waals surface area (Å²) in [7, 11) is 0. The number of amides is 1. The Labute approximate surface area is 127 Å². The number of aliphatic hydroxyl groups is 1. The quantitative estimate of drug-likeness (QED) is 0.848. The van der Waals surface area contributed by atoms with Crippen LogP contribution in [-0.2, 0) is 0 Å². The Morgan fingerprint density at radius 3 is 2.62 bits per heavy atom. The fraction of sp³-hybridized carbons (Fsp3) is 0.500. The van der Waals surface area contributed by atoms with E-state index in [1.807, 2.05) is 29.2 Å². The number of aliphatic hydroxyl groups excluding tert-OH is 1. The molecule has 1 aromatic carbocycles. The van der Waals surface area contributed by atoms with E-state index in [0.29, 0.717) is 23.8 Å². The summed E-state index contributed by atoms with van der Waals surface area (Å²) in [6.45, 7) is 6.08. The van der Waals surface area contributed by atoms with Gasteiger partial charge in [0.2, 0.25) is 0 Å². The molecule has 1 amide bonds. The maximum atomic E-state index is 12.8. The Bertz CT molecular complexity index is 546. The fourth-order valence-corrected chi connectivity index (χ4v) is 2.99. The van der Waals surface area contributed by atoms with E-state index in [0.717, 1.165) is 18.7 Å². The number of benzene rings is 1. The normalized spacial score (nSPS) is 21.6. The standard InChI is InChI=1S/C18H23NO2/c1-14-11-15(2)13-19(12-14)18(21)17-9-4-3-7-16(17)8-5-6-10-20/h3-4,7,9,14-15,20H,6,10-13H2,1-2H3. The van der Waals surface area contributed by atoms with Gasteiger partial charge in [0.15, 0.2) is 0 Å². The lowest BCUT2D eigenvalue weighted by Gasteiger charge is -2.35. The van der Waals surface area contributed by atoms with Crippen LogP contribution in [0.2, 0.25) is 0 Å². The van der Waals surface area contributed by atoms with Gasteiger partial charge < -0.3 is 10.0 Å². The third-order valence-electron chi connectivity index (χ3n) is 3.77. The van der Waals surface area contributed by atoms with Gasteiger partial charge in [0.1, 0.15) is 0 Å². The first-order valence-electron chi connectivity index (χ1n) is 7.60. The van der Waals surface area contributed by atoms with Crippen LogP contribution >= 0.6 is 0 Å². The minimum absolute atomic E-state index is 0.0459. The van der Waals surface area contributed by atoms with Crippen LogP contribution in [0.25, 0.3) is 0 Å². The molecule has 1 saturated heterocycles. The summed E-state index contributed by atoms with van der Waals surface area (Å²) in [6, 6.07) is 7.48. The summed E-state index contributed by atoms with van der Waals surface area (Å²) < 4.78 is 0. The van der Waals surface area contributed by atoms with Crippen LogP contribution in [0.4, 0.5) is 0 Å². The van der Waals surface area contributed by atoms with Crippen molar-refractivity contribution in [2.45, 2.75) is 26.7 Å². The minimum atomic E-state index is 0.0459. The predicted molar refractivity (Wildman–Crippen MR) is 83.9 cm³/mol. The minimum Gasteiger partial charge on any atom is -0.395 e. The fourth-order valence-electron chi connectivity index (χ4n) is 2.99. The molecule has 2 atom stereocenters. The molecule has 1 heterocycles. The first kappa shape index (κ1) is 15.6. The van der Waals surface area contributed by atoms with Gasteiger partial charge in [-0.3, -0.25) is 4.79 Å². The number of piperidine rings is 1. The molecule has 112 valence electrons. The van der Waals surface area contributed by atoms with Crippen molar-refractivity contribution in [3.63, 3.8) is 0 Å². The summed E-state index contributed by atoms with van der Waals surface area (Å²) in [6.07, 6.45) is 1.61. The Kier molecular flexibility index (Phi) is 5.41. The molecule has 1 aliphatic rings. The van der Waals surface area contributed by atoms with Crippen LogP contribution in [0.1, 0.15) is 42.6 Å². The van der Waals surface area contributed by atoms with Gasteiger partial charge in [-0.2, -0.15) is 0 Å². The highest BCUT2D eigenvalue weighted by atomic mass is 16.2. The first-order chi connectivity index (χ1) is 10.1. The molecular formula is C18H23NO2. The lowest BCUT2D eigenvalue weighted by molar-refractivity contribution is 0.0623. The van der Waals surface area contributed by atoms with E-state index in [9.17, 15) is 4.79 Å². The van der Waals surface area contributed by atoms with Gasteiger partial charge in [-0.05, 0) is 30.4 Å². The van der Waals surface area contributed by atoms with E-state index in [1.54, 1.807) is 0 Å². The lowest BCUT2D eigenvalue weighted by Crippen LogP contribution is -2.42. The number of carbonyl (C=O) groups excluding carboxylic acids is 1. The monoisotopic (exact) mass is 285 g/mol. The molecule has 3 heteroatoms. The topological polar surface area (TPSA) is 40.5 Å². The number of hydrogen-bond donors (Lipinski definition) is 1. The zero-order chi connectivity index (χ0) is 15.2. The highest BCUT2D eigenvalue weighted by Gasteiger charge is 2.26. The summed E-state index contributed by atoms with van der Waals surface area (Å²) in [5.74, 6) is 7.06. The molecule has 0 saturated carbocycles. The van der Waals surface area contributed by atoms with E-state index in [1.165, 1.54) is 6.42 Å². The van der Waals surface area contributed by atoms with Gasteiger partial charge in [0.25, 0.3) is 5.91 Å². The zero-order valence-electron chi connectivity index (χ0n) is 12.8. The van der Waals surface area contributed by atoms with Crippen LogP contribution in [-0.4, -0.2) is 35.6 Å². The number of nitrogens with zero attached hydrogens (tertiary/aromatic N) is 1. The lowest BCUT2D eigenvalue weighted by atomic mass is 9.91. The van der Waals surface area contributed by atoms with Gasteiger partial charge in [0.05, 0.1) is 12.2 Å². The van der Waals surface area contributed by atoms with Gasteiger partial charge in [-0.1, -0.05) is 37.8 Å². The Balaban J connectivity index is 2.21. The van der Waals surface area contributed by atoms with E-state index in [2.05, 4.69) is 25.7 Å². The van der Waals surface area contributed by atoms with Crippen LogP contribution < -0.4 is 0 Å². The Morgan fingerprint density at radius 2 is 1.95 bits per heavy atom. The van der Waals surface area contributed by atoms with Crippen LogP contribution in [0, 0.1) is 23.7 Å². The van der Waals surface area contributed by atoms with Crippen LogP contribution in [0.5, 0.6) is 0 Å². The maximum Gasteiger partial charge on any atom is 0.255 e. The van der Waals surface area contributed by atoms with Crippen molar-refractivity contribution in [2.24, 2.45) is 11.8 Å². The molecule has 0 aliphatic carbocycles. The summed E-state index contributed by atoms with van der Waals surface area (Å²) in [4.78, 5) is 14.7. The van der Waals surface area contributed by atoms with E-state index < -0.39 is 0 Å². The third kappa shape index (κ3) is 4.09. The molecule has 0 spiro atoms. The van der Waals surface area contributed by atoms with Crippen LogP contribution in [0.3, 0.4) is 0 Å².